The van der Waals surface area contributed by atoms with Crippen LogP contribution in [-0.2, 0) is 21.8 Å². The van der Waals surface area contributed by atoms with E-state index in [1.807, 2.05) is 26.8 Å². The van der Waals surface area contributed by atoms with Crippen molar-refractivity contribution in [1.29, 1.82) is 0 Å². The highest BCUT2D eigenvalue weighted by molar-refractivity contribution is 7.84. The van der Waals surface area contributed by atoms with Crippen LogP contribution in [0.5, 0.6) is 0 Å². The quantitative estimate of drug-likeness (QED) is 0.304. The van der Waals surface area contributed by atoms with E-state index in [1.165, 1.54) is 0 Å². The molecule has 4 nitrogen and oxygen atoms in total. The molecule has 1 heterocycles. The van der Waals surface area contributed by atoms with E-state index in [9.17, 15) is 4.21 Å². The van der Waals surface area contributed by atoms with Crippen LogP contribution in [-0.4, -0.2) is 27.9 Å². The average Bonchev–Trinajstić information content (AvgIpc) is 2.57. The number of nitrogens with one attached hydrogen (secondary N) is 1. The molecule has 0 aliphatic heterocycles. The summed E-state index contributed by atoms with van der Waals surface area (Å²) >= 11 is 0. The highest BCUT2D eigenvalue weighted by Gasteiger charge is 2.49. The fourth-order valence-corrected chi connectivity index (χ4v) is 6.47. The number of rotatable bonds is 8. The Morgan fingerprint density at radius 3 is 2.15 bits per heavy atom. The SMILES string of the molecule is CC(C)(C)Cc1cnc(F)c([C@H](CC2(O[Si](C)(C)C(C)(C)C)CCC2)N[S@](=O)C(C)(C)C)c1. The average molecular weight is 499 g/mol. The highest BCUT2D eigenvalue weighted by Crippen LogP contribution is 2.49. The minimum absolute atomic E-state index is 0.0641. The zero-order valence-corrected chi connectivity index (χ0v) is 24.6. The second-order valence-electron chi connectivity index (χ2n) is 13.6. The van der Waals surface area contributed by atoms with Gasteiger partial charge in [0.15, 0.2) is 8.32 Å². The van der Waals surface area contributed by atoms with Crippen LogP contribution in [0.25, 0.3) is 0 Å². The molecule has 1 aliphatic rings. The number of hydrogen-bond donors (Lipinski definition) is 1. The first-order valence-corrected chi connectivity index (χ1v) is 16.3. The number of halogens is 1. The second kappa shape index (κ2) is 9.79. The normalized spacial score (nSPS) is 19.2. The highest BCUT2D eigenvalue weighted by atomic mass is 32.2. The van der Waals surface area contributed by atoms with E-state index in [1.54, 1.807) is 6.20 Å². The van der Waals surface area contributed by atoms with E-state index >= 15 is 4.39 Å². The minimum Gasteiger partial charge on any atom is -0.411 e. The van der Waals surface area contributed by atoms with Crippen LogP contribution < -0.4 is 4.72 Å². The van der Waals surface area contributed by atoms with E-state index < -0.39 is 36.0 Å². The molecule has 0 spiro atoms. The van der Waals surface area contributed by atoms with Crippen LogP contribution in [0.3, 0.4) is 0 Å². The van der Waals surface area contributed by atoms with E-state index in [0.717, 1.165) is 31.2 Å². The number of hydrogen-bond acceptors (Lipinski definition) is 3. The van der Waals surface area contributed by atoms with Crippen molar-refractivity contribution in [3.05, 3.63) is 29.3 Å². The summed E-state index contributed by atoms with van der Waals surface area (Å²) < 4.78 is 38.0. The van der Waals surface area contributed by atoms with E-state index in [0.29, 0.717) is 12.0 Å². The van der Waals surface area contributed by atoms with Gasteiger partial charge in [-0.1, -0.05) is 41.5 Å². The van der Waals surface area contributed by atoms with Gasteiger partial charge in [0.2, 0.25) is 5.95 Å². The Bertz CT molecular complexity index is 849. The fourth-order valence-electron chi connectivity index (χ4n) is 3.97. The van der Waals surface area contributed by atoms with Crippen molar-refractivity contribution in [2.45, 2.75) is 129 Å². The maximum Gasteiger partial charge on any atom is 0.217 e. The first kappa shape index (κ1) is 28.6. The smallest absolute Gasteiger partial charge is 0.217 e. The molecule has 2 rings (SSSR count). The molecule has 2 atom stereocenters. The van der Waals surface area contributed by atoms with Gasteiger partial charge in [-0.3, -0.25) is 0 Å². The molecule has 1 aromatic rings. The Balaban J connectivity index is 2.45. The van der Waals surface area contributed by atoms with Gasteiger partial charge in [-0.05, 0) is 88.1 Å². The Labute approximate surface area is 205 Å². The lowest BCUT2D eigenvalue weighted by Crippen LogP contribution is -2.54. The first-order chi connectivity index (χ1) is 14.7. The third-order valence-electron chi connectivity index (χ3n) is 6.96. The molecule has 0 aromatic carbocycles. The lowest BCUT2D eigenvalue weighted by Gasteiger charge is -2.51. The summed E-state index contributed by atoms with van der Waals surface area (Å²) in [6.07, 6.45) is 6.04. The summed E-state index contributed by atoms with van der Waals surface area (Å²) in [5, 5.41) is 0.0895. The predicted octanol–water partition coefficient (Wildman–Crippen LogP) is 7.24. The Morgan fingerprint density at radius 2 is 1.73 bits per heavy atom. The van der Waals surface area contributed by atoms with Gasteiger partial charge in [-0.15, -0.1) is 0 Å². The molecule has 1 N–H and O–H groups in total. The molecular weight excluding hydrogens is 451 g/mol. The Morgan fingerprint density at radius 1 is 1.15 bits per heavy atom. The molecule has 0 bridgehead atoms. The van der Waals surface area contributed by atoms with Crippen LogP contribution in [0.4, 0.5) is 4.39 Å². The standard InChI is InChI=1S/C26H47FN2O2SSi/c1-23(2,3)16-19-15-20(22(27)28-18-19)21(29-32(30)24(4,5)6)17-26(13-12-14-26)31-33(10,11)25(7,8)9/h15,18,21,29H,12-14,16-17H2,1-11H3/t21-,32+/m0/s1. The molecule has 7 heteroatoms. The van der Waals surface area contributed by atoms with Gasteiger partial charge in [0.1, 0.15) is 0 Å². The molecule has 33 heavy (non-hydrogen) atoms. The van der Waals surface area contributed by atoms with Gasteiger partial charge < -0.3 is 4.43 Å². The summed E-state index contributed by atoms with van der Waals surface area (Å²) in [4.78, 5) is 4.10. The van der Waals surface area contributed by atoms with Crippen molar-refractivity contribution < 1.29 is 13.0 Å². The van der Waals surface area contributed by atoms with E-state index in [2.05, 4.69) is 64.3 Å². The van der Waals surface area contributed by atoms with Gasteiger partial charge >= 0.3 is 0 Å². The molecule has 0 saturated heterocycles. The van der Waals surface area contributed by atoms with Gasteiger partial charge in [0.25, 0.3) is 0 Å². The molecule has 1 aliphatic carbocycles. The van der Waals surface area contributed by atoms with Crippen molar-refractivity contribution in [3.8, 4) is 0 Å². The molecule has 190 valence electrons. The molecular formula is C26H47FN2O2SSi. The maximum atomic E-state index is 15.1. The maximum absolute atomic E-state index is 15.1. The fraction of sp³-hybridized carbons (Fsp3) is 0.808. The summed E-state index contributed by atoms with van der Waals surface area (Å²) in [6.45, 7) is 23.6. The number of pyridine rings is 1. The Hall–Kier alpha value is -0.633. The molecule has 0 radical (unpaired) electrons. The van der Waals surface area contributed by atoms with E-state index in [4.69, 9.17) is 4.43 Å². The van der Waals surface area contributed by atoms with Crippen LogP contribution in [0.1, 0.15) is 105 Å². The summed E-state index contributed by atoms with van der Waals surface area (Å²) in [6, 6.07) is 1.49. The lowest BCUT2D eigenvalue weighted by atomic mass is 9.75. The lowest BCUT2D eigenvalue weighted by molar-refractivity contribution is -0.0338. The van der Waals surface area contributed by atoms with Gasteiger partial charge in [-0.2, -0.15) is 4.39 Å². The third kappa shape index (κ3) is 7.68. The van der Waals surface area contributed by atoms with Crippen LogP contribution in [0.2, 0.25) is 18.1 Å². The molecule has 1 aromatic heterocycles. The molecule has 0 unspecified atom stereocenters. The van der Waals surface area contributed by atoms with Crippen LogP contribution in [0.15, 0.2) is 12.3 Å². The van der Waals surface area contributed by atoms with Crippen molar-refractivity contribution in [1.82, 2.24) is 9.71 Å². The second-order valence-corrected chi connectivity index (χ2v) is 20.3. The van der Waals surface area contributed by atoms with Crippen molar-refractivity contribution in [2.24, 2.45) is 5.41 Å². The largest absolute Gasteiger partial charge is 0.411 e. The van der Waals surface area contributed by atoms with E-state index in [-0.39, 0.29) is 16.1 Å². The topological polar surface area (TPSA) is 51.2 Å². The van der Waals surface area contributed by atoms with Crippen LogP contribution in [0, 0.1) is 11.4 Å². The summed E-state index contributed by atoms with van der Waals surface area (Å²) in [5.74, 6) is -0.488. The first-order valence-electron chi connectivity index (χ1n) is 12.3. The Kier molecular flexibility index (Phi) is 8.48. The van der Waals surface area contributed by atoms with Crippen molar-refractivity contribution in [3.63, 3.8) is 0 Å². The minimum atomic E-state index is -2.02. The molecule has 1 saturated carbocycles. The molecule has 0 amide bonds. The number of aromatic nitrogens is 1. The van der Waals surface area contributed by atoms with Crippen molar-refractivity contribution >= 4 is 19.3 Å². The van der Waals surface area contributed by atoms with Gasteiger partial charge in [0, 0.05) is 11.8 Å². The van der Waals surface area contributed by atoms with Gasteiger partial charge in [0.05, 0.1) is 27.4 Å². The van der Waals surface area contributed by atoms with Gasteiger partial charge in [-0.25, -0.2) is 13.9 Å². The van der Waals surface area contributed by atoms with Crippen LogP contribution >= 0.6 is 0 Å². The monoisotopic (exact) mass is 498 g/mol. The summed E-state index contributed by atoms with van der Waals surface area (Å²) in [7, 11) is -3.37. The summed E-state index contributed by atoms with van der Waals surface area (Å²) in [5.41, 5.74) is 1.25. The molecule has 1 fully saturated rings. The van der Waals surface area contributed by atoms with Crippen molar-refractivity contribution in [2.75, 3.05) is 0 Å². The zero-order chi connectivity index (χ0) is 25.5. The third-order valence-corrected chi connectivity index (χ3v) is 13.1. The number of nitrogens with zero attached hydrogens (tertiary/aromatic N) is 1. The predicted molar refractivity (Wildman–Crippen MR) is 141 cm³/mol. The zero-order valence-electron chi connectivity index (χ0n) is 22.8.